The lowest BCUT2D eigenvalue weighted by atomic mass is 10.0. The molecule has 6 rings (SSSR count). The average Bonchev–Trinajstić information content (AvgIpc) is 3.84. The third-order valence-electron chi connectivity index (χ3n) is 7.54. The van der Waals surface area contributed by atoms with Gasteiger partial charge in [-0.2, -0.15) is 0 Å². The number of halogens is 3. The van der Waals surface area contributed by atoms with E-state index in [1.54, 1.807) is 6.20 Å². The van der Waals surface area contributed by atoms with Gasteiger partial charge in [0.25, 0.3) is 15.9 Å². The number of carbonyl (C=O) groups is 1. The van der Waals surface area contributed by atoms with Gasteiger partial charge in [0.2, 0.25) is 0 Å². The van der Waals surface area contributed by atoms with Crippen molar-refractivity contribution in [2.45, 2.75) is 49.0 Å². The van der Waals surface area contributed by atoms with E-state index in [1.807, 2.05) is 24.3 Å². The highest BCUT2D eigenvalue weighted by Gasteiger charge is 2.49. The highest BCUT2D eigenvalue weighted by Crippen LogP contribution is 2.51. The Morgan fingerprint density at radius 1 is 1.02 bits per heavy atom. The van der Waals surface area contributed by atoms with Crippen molar-refractivity contribution in [3.8, 4) is 0 Å². The molecule has 2 fully saturated rings. The minimum Gasteiger partial charge on any atom is -0.478 e. The van der Waals surface area contributed by atoms with Gasteiger partial charge >= 0.3 is 5.97 Å². The van der Waals surface area contributed by atoms with Gasteiger partial charge in [0.1, 0.15) is 5.82 Å². The Bertz CT molecular complexity index is 1740. The van der Waals surface area contributed by atoms with E-state index in [-0.39, 0.29) is 39.3 Å². The number of sulfonamides is 1. The van der Waals surface area contributed by atoms with Gasteiger partial charge in [-0.05, 0) is 72.9 Å². The Labute approximate surface area is 235 Å². The third-order valence-corrected chi connectivity index (χ3v) is 9.60. The summed E-state index contributed by atoms with van der Waals surface area (Å²) in [6.07, 6.45) is 4.28. The summed E-state index contributed by atoms with van der Waals surface area (Å²) in [4.78, 5) is 15.8. The Morgan fingerprint density at radius 3 is 2.35 bits per heavy atom. The first-order valence-electron chi connectivity index (χ1n) is 13.0. The number of rotatable bonds is 9. The van der Waals surface area contributed by atoms with Crippen LogP contribution in [0.1, 0.15) is 58.6 Å². The van der Waals surface area contributed by atoms with Crippen molar-refractivity contribution < 1.29 is 27.1 Å². The van der Waals surface area contributed by atoms with E-state index in [2.05, 4.69) is 4.98 Å². The molecule has 0 amide bonds. The first-order valence-corrected chi connectivity index (χ1v) is 14.8. The van der Waals surface area contributed by atoms with Gasteiger partial charge in [-0.25, -0.2) is 31.3 Å². The molecule has 0 spiro atoms. The standard InChI is InChI=1S/C30H25ClF2N2O4S/c31-26-15-18(5-14-25(26)30(32,33)22-10-11-22)17-35(40(38,39)23-12-8-20(9-13-23)29(36)37)28-27(19-6-7-19)24-4-2-1-3-21(24)16-34-28/h1-5,8-9,12-16,19,22H,6-7,10-11,17H2,(H,36,37). The molecule has 2 aliphatic rings. The third kappa shape index (κ3) is 4.81. The molecule has 40 heavy (non-hydrogen) atoms. The summed E-state index contributed by atoms with van der Waals surface area (Å²) in [6, 6.07) is 16.7. The molecule has 2 aliphatic carbocycles. The van der Waals surface area contributed by atoms with Crippen molar-refractivity contribution >= 4 is 44.2 Å². The summed E-state index contributed by atoms with van der Waals surface area (Å²) in [6.45, 7) is -0.205. The van der Waals surface area contributed by atoms with Crippen LogP contribution in [0.4, 0.5) is 14.6 Å². The van der Waals surface area contributed by atoms with Crippen LogP contribution < -0.4 is 4.31 Å². The van der Waals surface area contributed by atoms with Crippen molar-refractivity contribution in [1.29, 1.82) is 0 Å². The van der Waals surface area contributed by atoms with Gasteiger partial charge < -0.3 is 5.11 Å². The number of carboxylic acids is 1. The quantitative estimate of drug-likeness (QED) is 0.223. The Balaban J connectivity index is 1.47. The maximum absolute atomic E-state index is 14.8. The SMILES string of the molecule is O=C(O)c1ccc(S(=O)(=O)N(Cc2ccc(C(F)(F)C3CC3)c(Cl)c2)c2ncc3ccccc3c2C2CC2)cc1. The van der Waals surface area contributed by atoms with Crippen LogP contribution in [0.2, 0.25) is 5.02 Å². The average molecular weight is 583 g/mol. The molecular formula is C30H25ClF2N2O4S. The number of aromatic carboxylic acids is 1. The van der Waals surface area contributed by atoms with Gasteiger partial charge in [-0.3, -0.25) is 0 Å². The van der Waals surface area contributed by atoms with Gasteiger partial charge in [0.15, 0.2) is 0 Å². The van der Waals surface area contributed by atoms with Crippen LogP contribution in [0.3, 0.4) is 0 Å². The molecule has 3 aromatic carbocycles. The van der Waals surface area contributed by atoms with Crippen LogP contribution in [0.25, 0.3) is 10.8 Å². The number of benzene rings is 3. The van der Waals surface area contributed by atoms with E-state index in [0.717, 1.165) is 29.2 Å². The molecule has 6 nitrogen and oxygen atoms in total. The number of hydrogen-bond acceptors (Lipinski definition) is 4. The van der Waals surface area contributed by atoms with Crippen molar-refractivity contribution in [2.75, 3.05) is 4.31 Å². The number of nitrogens with zero attached hydrogens (tertiary/aromatic N) is 2. The molecule has 0 unspecified atom stereocenters. The summed E-state index contributed by atoms with van der Waals surface area (Å²) in [5.41, 5.74) is 0.920. The summed E-state index contributed by atoms with van der Waals surface area (Å²) in [5, 5.41) is 10.9. The molecule has 4 aromatic rings. The summed E-state index contributed by atoms with van der Waals surface area (Å²) in [7, 11) is -4.26. The first kappa shape index (κ1) is 26.7. The van der Waals surface area contributed by atoms with Gasteiger partial charge in [-0.1, -0.05) is 48.0 Å². The van der Waals surface area contributed by atoms with Crippen molar-refractivity contribution in [3.05, 3.63) is 100 Å². The summed E-state index contributed by atoms with van der Waals surface area (Å²) < 4.78 is 59.1. The van der Waals surface area contributed by atoms with Gasteiger partial charge in [0.05, 0.1) is 22.0 Å². The van der Waals surface area contributed by atoms with E-state index in [1.165, 1.54) is 46.8 Å². The van der Waals surface area contributed by atoms with Crippen LogP contribution >= 0.6 is 11.6 Å². The predicted molar refractivity (Wildman–Crippen MR) is 149 cm³/mol. The molecule has 1 aromatic heterocycles. The molecular weight excluding hydrogens is 558 g/mol. The zero-order valence-electron chi connectivity index (χ0n) is 21.2. The highest BCUT2D eigenvalue weighted by atomic mass is 35.5. The number of aromatic nitrogens is 1. The smallest absolute Gasteiger partial charge is 0.335 e. The van der Waals surface area contributed by atoms with Crippen molar-refractivity contribution in [2.24, 2.45) is 5.92 Å². The van der Waals surface area contributed by atoms with Crippen molar-refractivity contribution in [3.63, 3.8) is 0 Å². The largest absolute Gasteiger partial charge is 0.478 e. The maximum atomic E-state index is 14.8. The lowest BCUT2D eigenvalue weighted by Crippen LogP contribution is -2.32. The van der Waals surface area contributed by atoms with Crippen molar-refractivity contribution in [1.82, 2.24) is 4.98 Å². The molecule has 2 saturated carbocycles. The second-order valence-corrected chi connectivity index (χ2v) is 12.7. The molecule has 0 saturated heterocycles. The number of carboxylic acid groups (broad SMARTS) is 1. The Morgan fingerprint density at radius 2 is 1.73 bits per heavy atom. The zero-order chi connectivity index (χ0) is 28.2. The highest BCUT2D eigenvalue weighted by molar-refractivity contribution is 7.92. The number of pyridine rings is 1. The van der Waals surface area contributed by atoms with Crippen LogP contribution in [0.5, 0.6) is 0 Å². The number of hydrogen-bond donors (Lipinski definition) is 1. The molecule has 206 valence electrons. The zero-order valence-corrected chi connectivity index (χ0v) is 22.8. The summed E-state index contributed by atoms with van der Waals surface area (Å²) >= 11 is 6.34. The van der Waals surface area contributed by atoms with Crippen LogP contribution in [-0.2, 0) is 22.5 Å². The lowest BCUT2D eigenvalue weighted by Gasteiger charge is -2.27. The van der Waals surface area contributed by atoms with E-state index >= 15 is 0 Å². The maximum Gasteiger partial charge on any atom is 0.335 e. The number of fused-ring (bicyclic) bond motifs is 1. The lowest BCUT2D eigenvalue weighted by molar-refractivity contribution is -0.0284. The topological polar surface area (TPSA) is 87.6 Å². The molecule has 0 atom stereocenters. The molecule has 0 radical (unpaired) electrons. The molecule has 1 heterocycles. The van der Waals surface area contributed by atoms with Gasteiger partial charge in [-0.15, -0.1) is 0 Å². The van der Waals surface area contributed by atoms with E-state index in [4.69, 9.17) is 11.6 Å². The molecule has 0 aliphatic heterocycles. The molecule has 10 heteroatoms. The Kier molecular flexibility index (Phi) is 6.54. The molecule has 1 N–H and O–H groups in total. The minimum absolute atomic E-state index is 0.0491. The van der Waals surface area contributed by atoms with Crippen LogP contribution in [-0.4, -0.2) is 24.5 Å². The minimum atomic E-state index is -4.26. The fraction of sp³-hybridized carbons (Fsp3) is 0.267. The fourth-order valence-corrected chi connectivity index (χ4v) is 6.83. The van der Waals surface area contributed by atoms with Gasteiger partial charge in [0, 0.05) is 28.6 Å². The summed E-state index contributed by atoms with van der Waals surface area (Å²) in [5.74, 6) is -4.57. The van der Waals surface area contributed by atoms with Crippen LogP contribution in [0, 0.1) is 5.92 Å². The fourth-order valence-electron chi connectivity index (χ4n) is 5.08. The first-order chi connectivity index (χ1) is 19.1. The molecule has 0 bridgehead atoms. The van der Waals surface area contributed by atoms with Crippen LogP contribution in [0.15, 0.2) is 77.8 Å². The normalized spacial score (nSPS) is 15.8. The monoisotopic (exact) mass is 582 g/mol. The van der Waals surface area contributed by atoms with E-state index in [9.17, 15) is 27.1 Å². The van der Waals surface area contributed by atoms with E-state index < -0.39 is 27.8 Å². The number of alkyl halides is 2. The Hall–Kier alpha value is -3.56. The van der Waals surface area contributed by atoms with E-state index in [0.29, 0.717) is 18.4 Å². The predicted octanol–water partition coefficient (Wildman–Crippen LogP) is 7.36. The second kappa shape index (κ2) is 9.82. The second-order valence-electron chi connectivity index (χ2n) is 10.4. The number of anilines is 1.